The maximum absolute atomic E-state index is 13.7. The van der Waals surface area contributed by atoms with Gasteiger partial charge in [0.2, 0.25) is 0 Å². The molecule has 0 aliphatic carbocycles. The summed E-state index contributed by atoms with van der Waals surface area (Å²) in [6.07, 6.45) is 2.38. The molecule has 1 atom stereocenters. The predicted molar refractivity (Wildman–Crippen MR) is 94.9 cm³/mol. The third kappa shape index (κ3) is 3.00. The number of nitrogens with zero attached hydrogens (tertiary/aromatic N) is 1. The lowest BCUT2D eigenvalue weighted by atomic mass is 9.91. The second-order valence-corrected chi connectivity index (χ2v) is 6.46. The van der Waals surface area contributed by atoms with Crippen molar-refractivity contribution in [2.75, 3.05) is 13.1 Å². The Labute approximate surface area is 144 Å². The molecule has 6 heteroatoms. The molecule has 0 spiro atoms. The Bertz CT molecular complexity index is 926. The second-order valence-electron chi connectivity index (χ2n) is 6.46. The number of aromatic amines is 1. The average Bonchev–Trinajstić information content (AvgIpc) is 3.05. The molecule has 0 saturated carbocycles. The number of imidazole rings is 1. The first kappa shape index (κ1) is 15.8. The molecule has 2 heterocycles. The van der Waals surface area contributed by atoms with E-state index in [0.29, 0.717) is 22.8 Å². The van der Waals surface area contributed by atoms with Gasteiger partial charge >= 0.3 is 0 Å². The molecule has 3 aromatic rings. The van der Waals surface area contributed by atoms with Gasteiger partial charge in [-0.15, -0.1) is 0 Å². The molecule has 1 aromatic heterocycles. The van der Waals surface area contributed by atoms with Gasteiger partial charge < -0.3 is 16.0 Å². The molecule has 128 valence electrons. The first-order valence-corrected chi connectivity index (χ1v) is 8.42. The van der Waals surface area contributed by atoms with Crippen LogP contribution >= 0.6 is 0 Å². The molecule has 2 aromatic carbocycles. The van der Waals surface area contributed by atoms with Crippen molar-refractivity contribution in [2.45, 2.75) is 18.8 Å². The van der Waals surface area contributed by atoms with E-state index in [1.807, 2.05) is 12.1 Å². The van der Waals surface area contributed by atoms with Crippen LogP contribution in [0.1, 0.15) is 34.7 Å². The van der Waals surface area contributed by atoms with E-state index in [2.05, 4.69) is 27.4 Å². The van der Waals surface area contributed by atoms with Crippen LogP contribution < -0.4 is 11.1 Å². The van der Waals surface area contributed by atoms with Gasteiger partial charge in [0.05, 0.1) is 11.1 Å². The van der Waals surface area contributed by atoms with E-state index in [1.54, 1.807) is 0 Å². The van der Waals surface area contributed by atoms with Crippen LogP contribution in [-0.2, 0) is 0 Å². The third-order valence-electron chi connectivity index (χ3n) is 4.77. The summed E-state index contributed by atoms with van der Waals surface area (Å²) in [5.74, 6) is -0.0789. The van der Waals surface area contributed by atoms with Crippen LogP contribution in [0.3, 0.4) is 0 Å². The molecule has 1 aliphatic heterocycles. The Morgan fingerprint density at radius 1 is 1.24 bits per heavy atom. The van der Waals surface area contributed by atoms with E-state index >= 15 is 0 Å². The van der Waals surface area contributed by atoms with Gasteiger partial charge in [-0.2, -0.15) is 0 Å². The van der Waals surface area contributed by atoms with Crippen LogP contribution in [0.15, 0.2) is 36.4 Å². The van der Waals surface area contributed by atoms with E-state index in [-0.39, 0.29) is 5.56 Å². The maximum Gasteiger partial charge on any atom is 0.251 e. The maximum atomic E-state index is 13.7. The number of aromatic nitrogens is 2. The summed E-state index contributed by atoms with van der Waals surface area (Å²) in [6, 6.07) is 10.7. The minimum Gasteiger partial charge on any atom is -0.366 e. The number of rotatable bonds is 3. The number of hydrogen-bond acceptors (Lipinski definition) is 3. The SMILES string of the molecule is NC(=O)c1cc(F)cc2[nH]c(-c3ccc(C4CCCNC4)cc3)nc12. The summed E-state index contributed by atoms with van der Waals surface area (Å²) < 4.78 is 13.7. The highest BCUT2D eigenvalue weighted by atomic mass is 19.1. The van der Waals surface area contributed by atoms with Crippen LogP contribution in [0.4, 0.5) is 4.39 Å². The van der Waals surface area contributed by atoms with E-state index in [0.717, 1.165) is 24.7 Å². The fourth-order valence-electron chi connectivity index (χ4n) is 3.46. The monoisotopic (exact) mass is 338 g/mol. The number of nitrogens with one attached hydrogen (secondary N) is 2. The molecular weight excluding hydrogens is 319 g/mol. The fourth-order valence-corrected chi connectivity index (χ4v) is 3.46. The minimum absolute atomic E-state index is 0.0856. The molecule has 1 saturated heterocycles. The van der Waals surface area contributed by atoms with E-state index in [4.69, 9.17) is 5.73 Å². The topological polar surface area (TPSA) is 83.8 Å². The first-order chi connectivity index (χ1) is 12.1. The van der Waals surface area contributed by atoms with Crippen molar-refractivity contribution in [3.63, 3.8) is 0 Å². The molecule has 1 unspecified atom stereocenters. The molecule has 1 amide bonds. The van der Waals surface area contributed by atoms with Crippen molar-refractivity contribution in [3.05, 3.63) is 53.3 Å². The van der Waals surface area contributed by atoms with Crippen LogP contribution in [0, 0.1) is 5.82 Å². The second kappa shape index (κ2) is 6.29. The lowest BCUT2D eigenvalue weighted by Crippen LogP contribution is -2.28. The number of fused-ring (bicyclic) bond motifs is 1. The lowest BCUT2D eigenvalue weighted by Gasteiger charge is -2.23. The van der Waals surface area contributed by atoms with Gasteiger partial charge in [-0.3, -0.25) is 4.79 Å². The van der Waals surface area contributed by atoms with Crippen LogP contribution in [-0.4, -0.2) is 29.0 Å². The third-order valence-corrected chi connectivity index (χ3v) is 4.77. The molecule has 0 bridgehead atoms. The number of carbonyl (C=O) groups is 1. The lowest BCUT2D eigenvalue weighted by molar-refractivity contribution is 0.100. The molecule has 5 nitrogen and oxygen atoms in total. The normalized spacial score (nSPS) is 17.7. The van der Waals surface area contributed by atoms with Crippen molar-refractivity contribution >= 4 is 16.9 Å². The Morgan fingerprint density at radius 3 is 2.72 bits per heavy atom. The standard InChI is InChI=1S/C19H19FN4O/c20-14-8-15(18(21)25)17-16(9-14)23-19(24-17)12-5-3-11(4-6-12)13-2-1-7-22-10-13/h3-6,8-9,13,22H,1-2,7,10H2,(H2,21,25)(H,23,24). The number of primary amides is 1. The number of piperidine rings is 1. The Balaban J connectivity index is 1.69. The first-order valence-electron chi connectivity index (χ1n) is 8.42. The van der Waals surface area contributed by atoms with Gasteiger partial charge in [0.15, 0.2) is 0 Å². The number of carbonyl (C=O) groups excluding carboxylic acids is 1. The highest BCUT2D eigenvalue weighted by Crippen LogP contribution is 2.27. The Morgan fingerprint density at radius 2 is 2.04 bits per heavy atom. The van der Waals surface area contributed by atoms with E-state index < -0.39 is 11.7 Å². The van der Waals surface area contributed by atoms with Crippen LogP contribution in [0.2, 0.25) is 0 Å². The van der Waals surface area contributed by atoms with Gasteiger partial charge in [0.25, 0.3) is 5.91 Å². The van der Waals surface area contributed by atoms with Crippen LogP contribution in [0.25, 0.3) is 22.4 Å². The zero-order valence-corrected chi connectivity index (χ0v) is 13.7. The van der Waals surface area contributed by atoms with Gasteiger partial charge in [-0.25, -0.2) is 9.37 Å². The van der Waals surface area contributed by atoms with Gasteiger partial charge in [0.1, 0.15) is 17.2 Å². The fraction of sp³-hybridized carbons (Fsp3) is 0.263. The smallest absolute Gasteiger partial charge is 0.251 e. The van der Waals surface area contributed by atoms with Crippen molar-refractivity contribution in [2.24, 2.45) is 5.73 Å². The largest absolute Gasteiger partial charge is 0.366 e. The van der Waals surface area contributed by atoms with Gasteiger partial charge in [-0.1, -0.05) is 24.3 Å². The molecular formula is C19H19FN4O. The van der Waals surface area contributed by atoms with Crippen molar-refractivity contribution in [1.29, 1.82) is 0 Å². The number of nitrogens with two attached hydrogens (primary N) is 1. The van der Waals surface area contributed by atoms with E-state index in [1.165, 1.54) is 24.5 Å². The summed E-state index contributed by atoms with van der Waals surface area (Å²) in [6.45, 7) is 2.09. The zero-order chi connectivity index (χ0) is 17.4. The molecule has 4 rings (SSSR count). The van der Waals surface area contributed by atoms with Crippen molar-refractivity contribution < 1.29 is 9.18 Å². The number of hydrogen-bond donors (Lipinski definition) is 3. The summed E-state index contributed by atoms with van der Waals surface area (Å²) in [7, 11) is 0. The van der Waals surface area contributed by atoms with Crippen molar-refractivity contribution in [1.82, 2.24) is 15.3 Å². The summed E-state index contributed by atoms with van der Waals surface area (Å²) in [5, 5.41) is 3.42. The summed E-state index contributed by atoms with van der Waals surface area (Å²) in [5.41, 5.74) is 8.46. The van der Waals surface area contributed by atoms with E-state index in [9.17, 15) is 9.18 Å². The van der Waals surface area contributed by atoms with Gasteiger partial charge in [0, 0.05) is 12.1 Å². The molecule has 25 heavy (non-hydrogen) atoms. The van der Waals surface area contributed by atoms with Crippen LogP contribution in [0.5, 0.6) is 0 Å². The summed E-state index contributed by atoms with van der Waals surface area (Å²) in [4.78, 5) is 19.1. The molecule has 1 fully saturated rings. The summed E-state index contributed by atoms with van der Waals surface area (Å²) >= 11 is 0. The number of halogens is 1. The molecule has 1 aliphatic rings. The number of amides is 1. The number of H-pyrrole nitrogens is 1. The highest BCUT2D eigenvalue weighted by molar-refractivity contribution is 6.04. The molecule has 0 radical (unpaired) electrons. The Hall–Kier alpha value is -2.73. The van der Waals surface area contributed by atoms with Crippen molar-refractivity contribution in [3.8, 4) is 11.4 Å². The average molecular weight is 338 g/mol. The zero-order valence-electron chi connectivity index (χ0n) is 13.7. The number of benzene rings is 2. The predicted octanol–water partition coefficient (Wildman–Crippen LogP) is 2.93. The quantitative estimate of drug-likeness (QED) is 0.686. The molecule has 4 N–H and O–H groups in total. The minimum atomic E-state index is -0.692. The Kier molecular flexibility index (Phi) is 3.97. The van der Waals surface area contributed by atoms with Gasteiger partial charge in [-0.05, 0) is 43.0 Å². The highest BCUT2D eigenvalue weighted by Gasteiger charge is 2.17.